The van der Waals surface area contributed by atoms with Gasteiger partial charge in [0.05, 0.1) is 41.3 Å². The number of likely N-dealkylation sites (N-methyl/N-ethyl adjacent to an activating group) is 1. The number of carboxylic acids is 1. The minimum atomic E-state index is -2.35. The monoisotopic (exact) mass is 1450 g/mol. The van der Waals surface area contributed by atoms with Crippen molar-refractivity contribution < 1.29 is 118 Å². The van der Waals surface area contributed by atoms with Crippen molar-refractivity contribution in [2.45, 2.75) is 156 Å². The number of aromatic hydroxyl groups is 3. The molecule has 21 N–H and O–H groups in total. The van der Waals surface area contributed by atoms with E-state index in [1.54, 1.807) is 0 Å². The third kappa shape index (κ3) is 15.8. The van der Waals surface area contributed by atoms with Crippen molar-refractivity contribution in [1.82, 2.24) is 37.2 Å². The van der Waals surface area contributed by atoms with Crippen molar-refractivity contribution >= 4 is 70.5 Å². The molecule has 7 aliphatic heterocycles. The zero-order chi connectivity index (χ0) is 73.5. The summed E-state index contributed by atoms with van der Waals surface area (Å²) >= 11 is 14.1. The van der Waals surface area contributed by atoms with Gasteiger partial charge in [0.15, 0.2) is 29.9 Å². The molecule has 0 radical (unpaired) electrons. The Labute approximate surface area is 584 Å². The summed E-state index contributed by atoms with van der Waals surface area (Å²) < 4.78 is 38.3. The number of carbonyl (C=O) groups is 8. The summed E-state index contributed by atoms with van der Waals surface area (Å²) in [5.41, 5.74) is 8.00. The van der Waals surface area contributed by atoms with Gasteiger partial charge in [-0.15, -0.1) is 0 Å². The molecular weight excluding hydrogens is 1370 g/mol. The summed E-state index contributed by atoms with van der Waals surface area (Å²) in [4.78, 5) is 117. The summed E-state index contributed by atoms with van der Waals surface area (Å²) in [5.74, 6) is -16.0. The molecule has 5 aromatic rings. The maximum absolute atomic E-state index is 16.0. The standard InChI is InChI=1S/C66H75Cl2N9O24/c1-23(2)12-34(71-5)58(88)76-49-51(83)26-7-10-38(32(67)14-26)97-40-16-28-17-41(55(40)101-65-56(54(86)53(85)42(22-78)99-65)100-44-21-66(4,70)57(87)24(3)96-44)98-39-11-8-27(15-33(39)68)52(84)50-63(93)75-48(64(94)95)31-18-29(79)19-37(81)45(31)30-13-25(6-9-36(30)80)46(60(90)77-50)74-61(91)47(28)73-59(89)35(20-43(69)82)72-62(49)92/h6-11,13-19,23-24,34-35,42,44,46-54,56-57,65,71,78-81,83-87H,12,20-22,70H2,1-5H3,(H2,69,82)(H,72,92)(H,73,89)(H,74,91)(H,75,93)(H,76,88)(H,77,90)(H,94,95)/t24-,34+,35-,42+,44+,46+,47+,48-,49+,50-,51+,52+,53+,54-,56+,57-,65-,66-/m0/s1. The number of phenolic OH excluding ortho intramolecular Hbond substituents is 3. The lowest BCUT2D eigenvalue weighted by molar-refractivity contribution is -0.333. The van der Waals surface area contributed by atoms with Crippen LogP contribution in [-0.4, -0.2) is 191 Å². The maximum atomic E-state index is 16.0. The Morgan fingerprint density at radius 1 is 0.713 bits per heavy atom. The van der Waals surface area contributed by atoms with E-state index in [-0.39, 0.29) is 46.2 Å². The number of phenols is 3. The van der Waals surface area contributed by atoms with Crippen LogP contribution in [0, 0.1) is 5.92 Å². The molecule has 101 heavy (non-hydrogen) atoms. The fourth-order valence-electron chi connectivity index (χ4n) is 12.5. The predicted octanol–water partition coefficient (Wildman–Crippen LogP) is 0.106. The Kier molecular flexibility index (Phi) is 22.2. The van der Waals surface area contributed by atoms with E-state index < -0.39 is 237 Å². The molecule has 12 rings (SSSR count). The molecule has 7 aliphatic rings. The summed E-state index contributed by atoms with van der Waals surface area (Å²) in [6.45, 7) is 5.66. The smallest absolute Gasteiger partial charge is 0.330 e. The van der Waals surface area contributed by atoms with Gasteiger partial charge in [-0.25, -0.2) is 4.79 Å². The summed E-state index contributed by atoms with van der Waals surface area (Å²) in [7, 11) is 1.47. The van der Waals surface area contributed by atoms with E-state index in [0.29, 0.717) is 0 Å². The molecule has 542 valence electrons. The van der Waals surface area contributed by atoms with Crippen molar-refractivity contribution in [3.63, 3.8) is 0 Å². The van der Waals surface area contributed by atoms with Gasteiger partial charge in [-0.2, -0.15) is 0 Å². The highest BCUT2D eigenvalue weighted by atomic mass is 35.5. The van der Waals surface area contributed by atoms with E-state index in [0.717, 1.165) is 66.7 Å². The molecule has 35 heteroatoms. The van der Waals surface area contributed by atoms with Gasteiger partial charge in [0.2, 0.25) is 53.4 Å². The summed E-state index contributed by atoms with van der Waals surface area (Å²) in [5, 5.41) is 131. The third-order valence-corrected chi connectivity index (χ3v) is 18.4. The van der Waals surface area contributed by atoms with Gasteiger partial charge in [-0.05, 0) is 110 Å². The van der Waals surface area contributed by atoms with Gasteiger partial charge in [0, 0.05) is 34.7 Å². The number of primary amides is 1. The first-order valence-electron chi connectivity index (χ1n) is 31.6. The number of carbonyl (C=O) groups excluding carboxylic acids is 7. The molecule has 11 bridgehead atoms. The Bertz CT molecular complexity index is 4070. The largest absolute Gasteiger partial charge is 0.508 e. The number of aliphatic hydroxyl groups is 6. The van der Waals surface area contributed by atoms with Crippen LogP contribution in [0.2, 0.25) is 10.0 Å². The highest BCUT2D eigenvalue weighted by Crippen LogP contribution is 2.50. The lowest BCUT2D eigenvalue weighted by Crippen LogP contribution is -2.64. The number of rotatable bonds is 13. The molecular formula is C66H75Cl2N9O24. The highest BCUT2D eigenvalue weighted by molar-refractivity contribution is 6.32. The Morgan fingerprint density at radius 2 is 1.32 bits per heavy atom. The normalized spacial score (nSPS) is 29.4. The Hall–Kier alpha value is -9.20. The van der Waals surface area contributed by atoms with Gasteiger partial charge in [-0.3, -0.25) is 33.6 Å². The molecule has 2 saturated heterocycles. The van der Waals surface area contributed by atoms with Crippen LogP contribution >= 0.6 is 23.2 Å². The van der Waals surface area contributed by atoms with Crippen LogP contribution in [0.25, 0.3) is 11.1 Å². The SMILES string of the molecule is CN[C@H](CC(C)C)C(=O)N[C@H]1C(=O)N[C@@H](CC(N)=O)C(=O)N[C@H]2C(=O)N[C@H]3C(=O)N[C@H](C(=O)N[C@H](C(=O)O)c4cc(O)cc(O)c4-c4cc3ccc4O)[C@H](O)c3ccc(c(Cl)c3)Oc3cc2cc(c3O[C@@H]2O[C@H](CO)[C@@H](O)[C@H](O)[C@H]2O[C@@H]2C[C@](C)(N)[C@@H](O)[C@H](C)O2)Oc2ccc(cc2Cl)[C@H]1O. The van der Waals surface area contributed by atoms with Crippen LogP contribution in [-0.2, 0) is 52.6 Å². The second kappa shape index (κ2) is 30.2. The number of benzene rings is 5. The Morgan fingerprint density at radius 3 is 1.90 bits per heavy atom. The van der Waals surface area contributed by atoms with Crippen LogP contribution < -0.4 is 62.9 Å². The zero-order valence-corrected chi connectivity index (χ0v) is 55.8. The van der Waals surface area contributed by atoms with Gasteiger partial charge in [0.25, 0.3) is 0 Å². The number of halogens is 2. The molecule has 0 saturated carbocycles. The predicted molar refractivity (Wildman–Crippen MR) is 349 cm³/mol. The number of aliphatic hydroxyl groups excluding tert-OH is 6. The second-order valence-electron chi connectivity index (χ2n) is 25.7. The van der Waals surface area contributed by atoms with E-state index in [1.807, 2.05) is 13.8 Å². The van der Waals surface area contributed by atoms with E-state index in [9.17, 15) is 75.0 Å². The molecule has 2 fully saturated rings. The molecule has 0 aromatic heterocycles. The van der Waals surface area contributed by atoms with Crippen LogP contribution in [0.4, 0.5) is 0 Å². The number of carboxylic acid groups (broad SMARTS) is 1. The number of nitrogens with one attached hydrogen (secondary N) is 7. The van der Waals surface area contributed by atoms with Crippen molar-refractivity contribution in [1.29, 1.82) is 0 Å². The molecule has 33 nitrogen and oxygen atoms in total. The fourth-order valence-corrected chi connectivity index (χ4v) is 12.9. The van der Waals surface area contributed by atoms with E-state index >= 15 is 14.4 Å². The van der Waals surface area contributed by atoms with Gasteiger partial charge in [0.1, 0.15) is 89.5 Å². The van der Waals surface area contributed by atoms with Crippen LogP contribution in [0.5, 0.6) is 46.0 Å². The van der Waals surface area contributed by atoms with Crippen LogP contribution in [0.3, 0.4) is 0 Å². The molecule has 7 amide bonds. The molecule has 0 aliphatic carbocycles. The first-order chi connectivity index (χ1) is 47.7. The van der Waals surface area contributed by atoms with Crippen molar-refractivity contribution in [3.05, 3.63) is 117 Å². The average Bonchev–Trinajstić information content (AvgIpc) is 0.775. The highest BCUT2D eigenvalue weighted by Gasteiger charge is 2.51. The number of hydrogen-bond acceptors (Lipinski definition) is 25. The van der Waals surface area contributed by atoms with E-state index in [1.165, 1.54) is 33.0 Å². The molecule has 0 unspecified atom stereocenters. The van der Waals surface area contributed by atoms with E-state index in [4.69, 9.17) is 63.1 Å². The topological polar surface area (TPSA) is 530 Å². The van der Waals surface area contributed by atoms with Crippen molar-refractivity contribution in [3.8, 4) is 57.1 Å². The Balaban J connectivity index is 1.24. The van der Waals surface area contributed by atoms with E-state index in [2.05, 4.69) is 37.2 Å². The third-order valence-electron chi connectivity index (χ3n) is 17.8. The summed E-state index contributed by atoms with van der Waals surface area (Å²) in [6.07, 6.45) is -18.6. The van der Waals surface area contributed by atoms with Crippen LogP contribution in [0.15, 0.2) is 78.9 Å². The molecule has 7 heterocycles. The average molecular weight is 1450 g/mol. The van der Waals surface area contributed by atoms with Gasteiger partial charge >= 0.3 is 5.97 Å². The number of ether oxygens (including phenoxy) is 6. The minimum absolute atomic E-state index is 0.0975. The first-order valence-corrected chi connectivity index (χ1v) is 32.4. The number of amides is 7. The maximum Gasteiger partial charge on any atom is 0.330 e. The molecule has 0 spiro atoms. The number of nitrogens with two attached hydrogens (primary N) is 2. The molecule has 5 aromatic carbocycles. The van der Waals surface area contributed by atoms with Gasteiger partial charge in [-0.1, -0.05) is 55.2 Å². The molecule has 18 atom stereocenters. The zero-order valence-electron chi connectivity index (χ0n) is 54.3. The second-order valence-corrected chi connectivity index (χ2v) is 26.5. The quantitative estimate of drug-likeness (QED) is 0.0743. The number of fused-ring (bicyclic) bond motifs is 15. The van der Waals surface area contributed by atoms with Crippen molar-refractivity contribution in [2.75, 3.05) is 13.7 Å². The van der Waals surface area contributed by atoms with Crippen LogP contribution in [0.1, 0.15) is 105 Å². The fraction of sp³-hybridized carbons (Fsp3) is 0.424. The lowest BCUT2D eigenvalue weighted by Gasteiger charge is -2.47. The van der Waals surface area contributed by atoms with Gasteiger partial charge < -0.3 is 128 Å². The minimum Gasteiger partial charge on any atom is -0.508 e. The summed E-state index contributed by atoms with van der Waals surface area (Å²) in [6, 6.07) is -0.679. The lowest BCUT2D eigenvalue weighted by atomic mass is 9.86. The first kappa shape index (κ1) is 74.5. The van der Waals surface area contributed by atoms with Crippen molar-refractivity contribution in [2.24, 2.45) is 17.4 Å². The number of aliphatic carboxylic acids is 1. The number of hydrogen-bond donors (Lipinski definition) is 19.